The molecule has 1 aliphatic heterocycles. The van der Waals surface area contributed by atoms with Crippen LogP contribution in [0, 0.1) is 0 Å². The molecular weight excluding hydrogens is 237 g/mol. The fourth-order valence-electron chi connectivity index (χ4n) is 1.34. The van der Waals surface area contributed by atoms with Gasteiger partial charge in [0.2, 0.25) is 0 Å². The van der Waals surface area contributed by atoms with Crippen LogP contribution in [0.4, 0.5) is 0 Å². The average molecular weight is 247 g/mol. The zero-order valence-electron chi connectivity index (χ0n) is 6.48. The number of hydrogen-bond donors (Lipinski definition) is 1. The van der Waals surface area contributed by atoms with Crippen molar-refractivity contribution >= 4 is 27.5 Å². The van der Waals surface area contributed by atoms with E-state index in [1.165, 1.54) is 12.0 Å². The summed E-state index contributed by atoms with van der Waals surface area (Å²) in [7, 11) is 0. The topological polar surface area (TPSA) is 12.0 Å². The first-order valence-corrected chi connectivity index (χ1v) is 5.13. The van der Waals surface area contributed by atoms with Crippen LogP contribution < -0.4 is 5.32 Å². The van der Waals surface area contributed by atoms with Gasteiger partial charge in [0, 0.05) is 15.5 Å². The van der Waals surface area contributed by atoms with Crippen LogP contribution in [0.25, 0.3) is 0 Å². The summed E-state index contributed by atoms with van der Waals surface area (Å²) >= 11 is 9.33. The zero-order chi connectivity index (χ0) is 8.55. The van der Waals surface area contributed by atoms with Crippen molar-refractivity contribution in [3.8, 4) is 0 Å². The Balaban J connectivity index is 2.31. The molecule has 1 heterocycles. The van der Waals surface area contributed by atoms with Crippen molar-refractivity contribution in [2.75, 3.05) is 6.54 Å². The van der Waals surface area contributed by atoms with E-state index in [1.54, 1.807) is 0 Å². The predicted molar refractivity (Wildman–Crippen MR) is 54.5 cm³/mol. The summed E-state index contributed by atoms with van der Waals surface area (Å²) in [4.78, 5) is 0. The van der Waals surface area contributed by atoms with Gasteiger partial charge in [-0.15, -0.1) is 0 Å². The Bertz CT molecular complexity index is 297. The van der Waals surface area contributed by atoms with E-state index in [1.807, 2.05) is 12.1 Å². The van der Waals surface area contributed by atoms with Gasteiger partial charge in [-0.25, -0.2) is 0 Å². The van der Waals surface area contributed by atoms with Gasteiger partial charge in [-0.2, -0.15) is 0 Å². The van der Waals surface area contributed by atoms with E-state index in [2.05, 4.69) is 27.3 Å². The predicted octanol–water partition coefficient (Wildman–Crippen LogP) is 3.14. The lowest BCUT2D eigenvalue weighted by Gasteiger charge is -2.28. The molecule has 0 unspecified atom stereocenters. The lowest BCUT2D eigenvalue weighted by molar-refractivity contribution is 0.382. The van der Waals surface area contributed by atoms with E-state index in [0.717, 1.165) is 16.0 Å². The summed E-state index contributed by atoms with van der Waals surface area (Å²) in [5, 5.41) is 4.13. The molecule has 1 aromatic rings. The average Bonchev–Trinajstić information content (AvgIpc) is 1.91. The van der Waals surface area contributed by atoms with Gasteiger partial charge >= 0.3 is 0 Å². The fourth-order valence-corrected chi connectivity index (χ4v) is 2.30. The minimum absolute atomic E-state index is 0.525. The molecule has 1 aromatic carbocycles. The summed E-state index contributed by atoms with van der Waals surface area (Å²) in [5.74, 6) is 0. The van der Waals surface area contributed by atoms with Gasteiger partial charge in [-0.1, -0.05) is 33.6 Å². The fraction of sp³-hybridized carbons (Fsp3) is 0.333. The molecule has 3 heteroatoms. The molecule has 1 aliphatic rings. The molecule has 0 saturated carbocycles. The monoisotopic (exact) mass is 245 g/mol. The molecular formula is C9H9BrClN. The van der Waals surface area contributed by atoms with Crippen LogP contribution in [-0.4, -0.2) is 6.54 Å². The lowest BCUT2D eigenvalue weighted by Crippen LogP contribution is -2.35. The smallest absolute Gasteiger partial charge is 0.0417 e. The molecule has 1 saturated heterocycles. The van der Waals surface area contributed by atoms with Crippen LogP contribution >= 0.6 is 27.5 Å². The van der Waals surface area contributed by atoms with Gasteiger partial charge in [-0.3, -0.25) is 0 Å². The van der Waals surface area contributed by atoms with Gasteiger partial charge in [0.15, 0.2) is 0 Å². The molecule has 0 amide bonds. The molecule has 1 N–H and O–H groups in total. The molecule has 0 aromatic heterocycles. The Labute approximate surface area is 85.2 Å². The first kappa shape index (κ1) is 8.54. The summed E-state index contributed by atoms with van der Waals surface area (Å²) in [5.41, 5.74) is 1.31. The largest absolute Gasteiger partial charge is 0.310 e. The van der Waals surface area contributed by atoms with E-state index < -0.39 is 0 Å². The van der Waals surface area contributed by atoms with Crippen molar-refractivity contribution in [3.63, 3.8) is 0 Å². The van der Waals surface area contributed by atoms with Crippen LogP contribution in [0.2, 0.25) is 5.02 Å². The highest BCUT2D eigenvalue weighted by Gasteiger charge is 2.20. The molecule has 0 aliphatic carbocycles. The van der Waals surface area contributed by atoms with E-state index in [-0.39, 0.29) is 0 Å². The van der Waals surface area contributed by atoms with E-state index in [9.17, 15) is 0 Å². The number of benzene rings is 1. The minimum atomic E-state index is 0.525. The number of nitrogens with one attached hydrogen (secondary N) is 1. The maximum Gasteiger partial charge on any atom is 0.0417 e. The molecule has 64 valence electrons. The van der Waals surface area contributed by atoms with E-state index in [0.29, 0.717) is 6.04 Å². The molecule has 1 atom stereocenters. The number of hydrogen-bond acceptors (Lipinski definition) is 1. The highest BCUT2D eigenvalue weighted by atomic mass is 79.9. The molecule has 12 heavy (non-hydrogen) atoms. The summed E-state index contributed by atoms with van der Waals surface area (Å²) in [6.07, 6.45) is 1.22. The van der Waals surface area contributed by atoms with Crippen LogP contribution in [0.15, 0.2) is 22.7 Å². The SMILES string of the molecule is Clc1ccc([C@@H]2CCN2)c(Br)c1. The van der Waals surface area contributed by atoms with Crippen molar-refractivity contribution in [2.45, 2.75) is 12.5 Å². The molecule has 1 nitrogen and oxygen atoms in total. The zero-order valence-corrected chi connectivity index (χ0v) is 8.82. The van der Waals surface area contributed by atoms with Gasteiger partial charge in [0.25, 0.3) is 0 Å². The first-order chi connectivity index (χ1) is 5.77. The molecule has 2 rings (SSSR count). The van der Waals surface area contributed by atoms with E-state index >= 15 is 0 Å². The van der Waals surface area contributed by atoms with Crippen molar-refractivity contribution in [1.82, 2.24) is 5.32 Å². The Morgan fingerprint density at radius 2 is 2.25 bits per heavy atom. The Morgan fingerprint density at radius 3 is 2.75 bits per heavy atom. The Kier molecular flexibility index (Phi) is 2.40. The van der Waals surface area contributed by atoms with Gasteiger partial charge < -0.3 is 5.32 Å². The highest BCUT2D eigenvalue weighted by molar-refractivity contribution is 9.10. The van der Waals surface area contributed by atoms with Gasteiger partial charge in [-0.05, 0) is 30.7 Å². The van der Waals surface area contributed by atoms with E-state index in [4.69, 9.17) is 11.6 Å². The standard InChI is InChI=1S/C9H9BrClN/c10-8-5-6(11)1-2-7(8)9-3-4-12-9/h1-2,5,9,12H,3-4H2/t9-/m0/s1. The van der Waals surface area contributed by atoms with Crippen molar-refractivity contribution in [1.29, 1.82) is 0 Å². The van der Waals surface area contributed by atoms with Crippen LogP contribution in [-0.2, 0) is 0 Å². The summed E-state index contributed by atoms with van der Waals surface area (Å²) < 4.78 is 1.10. The van der Waals surface area contributed by atoms with Gasteiger partial charge in [0.1, 0.15) is 0 Å². The second-order valence-corrected chi connectivity index (χ2v) is 4.25. The Hall–Kier alpha value is -0.0500. The molecule has 0 bridgehead atoms. The first-order valence-electron chi connectivity index (χ1n) is 3.96. The van der Waals surface area contributed by atoms with Crippen LogP contribution in [0.1, 0.15) is 18.0 Å². The highest BCUT2D eigenvalue weighted by Crippen LogP contribution is 2.31. The van der Waals surface area contributed by atoms with Crippen molar-refractivity contribution in [2.24, 2.45) is 0 Å². The normalized spacial score (nSPS) is 22.0. The molecule has 0 radical (unpaired) electrons. The van der Waals surface area contributed by atoms with Crippen LogP contribution in [0.5, 0.6) is 0 Å². The van der Waals surface area contributed by atoms with Crippen LogP contribution in [0.3, 0.4) is 0 Å². The second-order valence-electron chi connectivity index (χ2n) is 2.96. The third kappa shape index (κ3) is 1.51. The van der Waals surface area contributed by atoms with Crippen molar-refractivity contribution < 1.29 is 0 Å². The van der Waals surface area contributed by atoms with Gasteiger partial charge in [0.05, 0.1) is 0 Å². The third-order valence-corrected chi connectivity index (χ3v) is 3.08. The minimum Gasteiger partial charge on any atom is -0.310 e. The maximum absolute atomic E-state index is 5.83. The summed E-state index contributed by atoms with van der Waals surface area (Å²) in [6.45, 7) is 1.12. The van der Waals surface area contributed by atoms with Crippen molar-refractivity contribution in [3.05, 3.63) is 33.3 Å². The third-order valence-electron chi connectivity index (χ3n) is 2.16. The molecule has 1 fully saturated rings. The quantitative estimate of drug-likeness (QED) is 0.803. The Morgan fingerprint density at radius 1 is 1.50 bits per heavy atom. The maximum atomic E-state index is 5.83. The molecule has 0 spiro atoms. The summed E-state index contributed by atoms with van der Waals surface area (Å²) in [6, 6.07) is 6.47. The second kappa shape index (κ2) is 3.36. The lowest BCUT2D eigenvalue weighted by atomic mass is 9.98. The number of halogens is 2. The number of rotatable bonds is 1.